The normalized spacial score (nSPS) is 12.0. The van der Waals surface area contributed by atoms with E-state index in [2.05, 4.69) is 15.2 Å². The van der Waals surface area contributed by atoms with Crippen LogP contribution in [0.3, 0.4) is 0 Å². The van der Waals surface area contributed by atoms with Crippen molar-refractivity contribution < 1.29 is 8.42 Å². The molecular weight excluding hydrogens is 392 g/mol. The SMILES string of the molecule is CS(=O)(=O)c1nnc(-c2ccc(-c3cn4ccccc4n3)s2)c2ccccc12. The summed E-state index contributed by atoms with van der Waals surface area (Å²) in [5.74, 6) is 0. The Bertz CT molecular complexity index is 1420. The van der Waals surface area contributed by atoms with Crippen LogP contribution in [0.4, 0.5) is 0 Å². The largest absolute Gasteiger partial charge is 0.306 e. The van der Waals surface area contributed by atoms with E-state index in [9.17, 15) is 8.42 Å². The quantitative estimate of drug-likeness (QED) is 0.451. The van der Waals surface area contributed by atoms with Crippen LogP contribution in [0.2, 0.25) is 0 Å². The molecule has 6 nitrogen and oxygen atoms in total. The number of fused-ring (bicyclic) bond motifs is 2. The van der Waals surface area contributed by atoms with Crippen LogP contribution < -0.4 is 0 Å². The second-order valence-corrected chi connectivity index (χ2v) is 9.44. The lowest BCUT2D eigenvalue weighted by Crippen LogP contribution is -2.04. The molecule has 5 rings (SSSR count). The Morgan fingerprint density at radius 2 is 1.64 bits per heavy atom. The minimum absolute atomic E-state index is 0.00369. The van der Waals surface area contributed by atoms with E-state index in [1.807, 2.05) is 59.3 Å². The molecule has 4 heterocycles. The maximum Gasteiger partial charge on any atom is 0.195 e. The van der Waals surface area contributed by atoms with Gasteiger partial charge < -0.3 is 4.40 Å². The van der Waals surface area contributed by atoms with E-state index >= 15 is 0 Å². The molecular formula is C20H14N4O2S2. The number of thiophene rings is 1. The number of imidazole rings is 1. The summed E-state index contributed by atoms with van der Waals surface area (Å²) in [6, 6.07) is 17.2. The number of rotatable bonds is 3. The van der Waals surface area contributed by atoms with Crippen molar-refractivity contribution in [1.82, 2.24) is 19.6 Å². The Kier molecular flexibility index (Phi) is 3.78. The maximum absolute atomic E-state index is 12.1. The lowest BCUT2D eigenvalue weighted by atomic mass is 10.1. The van der Waals surface area contributed by atoms with Crippen LogP contribution in [0.1, 0.15) is 0 Å². The summed E-state index contributed by atoms with van der Waals surface area (Å²) in [5.41, 5.74) is 2.44. The van der Waals surface area contributed by atoms with E-state index in [0.29, 0.717) is 11.1 Å². The van der Waals surface area contributed by atoms with Crippen LogP contribution in [0, 0.1) is 0 Å². The number of hydrogen-bond acceptors (Lipinski definition) is 6. The fourth-order valence-electron chi connectivity index (χ4n) is 3.19. The van der Waals surface area contributed by atoms with Crippen molar-refractivity contribution in [3.8, 4) is 21.1 Å². The highest BCUT2D eigenvalue weighted by atomic mass is 32.2. The predicted octanol–water partition coefficient (Wildman–Crippen LogP) is 4.08. The third-order valence-electron chi connectivity index (χ3n) is 4.46. The number of aromatic nitrogens is 4. The van der Waals surface area contributed by atoms with Gasteiger partial charge in [-0.3, -0.25) is 0 Å². The molecule has 0 fully saturated rings. The molecule has 0 aliphatic heterocycles. The van der Waals surface area contributed by atoms with Gasteiger partial charge in [0.25, 0.3) is 0 Å². The number of benzene rings is 1. The molecule has 0 radical (unpaired) electrons. The molecule has 0 amide bonds. The van der Waals surface area contributed by atoms with E-state index in [0.717, 1.165) is 32.7 Å². The average Bonchev–Trinajstić information content (AvgIpc) is 3.33. The summed E-state index contributed by atoms with van der Waals surface area (Å²) in [6.45, 7) is 0. The maximum atomic E-state index is 12.1. The fourth-order valence-corrected chi connectivity index (χ4v) is 4.92. The van der Waals surface area contributed by atoms with Gasteiger partial charge in [-0.25, -0.2) is 13.4 Å². The number of nitrogens with zero attached hydrogens (tertiary/aromatic N) is 4. The van der Waals surface area contributed by atoms with Crippen molar-refractivity contribution in [3.05, 3.63) is 67.0 Å². The van der Waals surface area contributed by atoms with Gasteiger partial charge in [0.05, 0.1) is 15.4 Å². The van der Waals surface area contributed by atoms with Crippen LogP contribution in [0.15, 0.2) is 72.0 Å². The van der Waals surface area contributed by atoms with Crippen molar-refractivity contribution >= 4 is 37.6 Å². The first kappa shape index (κ1) is 17.0. The fraction of sp³-hybridized carbons (Fsp3) is 0.0500. The van der Waals surface area contributed by atoms with Gasteiger partial charge in [-0.1, -0.05) is 30.3 Å². The van der Waals surface area contributed by atoms with Gasteiger partial charge in [0.2, 0.25) is 0 Å². The van der Waals surface area contributed by atoms with Crippen molar-refractivity contribution in [2.75, 3.05) is 6.26 Å². The highest BCUT2D eigenvalue weighted by Crippen LogP contribution is 2.37. The summed E-state index contributed by atoms with van der Waals surface area (Å²) in [5, 5.41) is 9.62. The van der Waals surface area contributed by atoms with Gasteiger partial charge in [0.1, 0.15) is 11.3 Å². The second-order valence-electron chi connectivity index (χ2n) is 6.43. The Labute approximate surface area is 165 Å². The molecule has 1 aromatic carbocycles. The third-order valence-corrected chi connectivity index (χ3v) is 6.58. The first-order chi connectivity index (χ1) is 13.5. The van der Waals surface area contributed by atoms with Gasteiger partial charge in [-0.15, -0.1) is 21.5 Å². The van der Waals surface area contributed by atoms with Crippen LogP contribution in [-0.4, -0.2) is 34.3 Å². The lowest BCUT2D eigenvalue weighted by molar-refractivity contribution is 0.597. The Balaban J connectivity index is 1.66. The summed E-state index contributed by atoms with van der Waals surface area (Å²) in [7, 11) is -3.46. The molecule has 0 spiro atoms. The highest BCUT2D eigenvalue weighted by Gasteiger charge is 2.19. The van der Waals surface area contributed by atoms with Gasteiger partial charge in [0.15, 0.2) is 14.9 Å². The zero-order valence-electron chi connectivity index (χ0n) is 14.8. The molecule has 0 unspecified atom stereocenters. The van der Waals surface area contributed by atoms with Crippen molar-refractivity contribution in [3.63, 3.8) is 0 Å². The van der Waals surface area contributed by atoms with Gasteiger partial charge in [-0.2, -0.15) is 0 Å². The Hall–Kier alpha value is -3.10. The molecule has 0 aliphatic rings. The van der Waals surface area contributed by atoms with Crippen molar-refractivity contribution in [1.29, 1.82) is 0 Å². The minimum atomic E-state index is -3.46. The molecule has 0 bridgehead atoms. The number of hydrogen-bond donors (Lipinski definition) is 0. The van der Waals surface area contributed by atoms with E-state index in [4.69, 9.17) is 0 Å². The molecule has 8 heteroatoms. The zero-order valence-corrected chi connectivity index (χ0v) is 16.4. The predicted molar refractivity (Wildman–Crippen MR) is 110 cm³/mol. The van der Waals surface area contributed by atoms with Crippen LogP contribution in [-0.2, 0) is 9.84 Å². The second kappa shape index (κ2) is 6.22. The molecule has 5 aromatic rings. The van der Waals surface area contributed by atoms with Gasteiger partial charge in [0, 0.05) is 29.4 Å². The van der Waals surface area contributed by atoms with Crippen molar-refractivity contribution in [2.24, 2.45) is 0 Å². The van der Waals surface area contributed by atoms with E-state index in [-0.39, 0.29) is 5.03 Å². The van der Waals surface area contributed by atoms with E-state index in [1.165, 1.54) is 0 Å². The molecule has 0 aliphatic carbocycles. The first-order valence-electron chi connectivity index (χ1n) is 8.50. The molecule has 4 aromatic heterocycles. The van der Waals surface area contributed by atoms with Gasteiger partial charge >= 0.3 is 0 Å². The smallest absolute Gasteiger partial charge is 0.195 e. The summed E-state index contributed by atoms with van der Waals surface area (Å²) < 4.78 is 26.1. The van der Waals surface area contributed by atoms with Gasteiger partial charge in [-0.05, 0) is 24.3 Å². The average molecular weight is 406 g/mol. The summed E-state index contributed by atoms with van der Waals surface area (Å²) in [4.78, 5) is 6.58. The van der Waals surface area contributed by atoms with E-state index < -0.39 is 9.84 Å². The summed E-state index contributed by atoms with van der Waals surface area (Å²) in [6.07, 6.45) is 5.10. The molecule has 0 N–H and O–H groups in total. The number of sulfone groups is 1. The van der Waals surface area contributed by atoms with Crippen LogP contribution in [0.25, 0.3) is 37.6 Å². The molecule has 0 saturated heterocycles. The Morgan fingerprint density at radius 3 is 2.43 bits per heavy atom. The topological polar surface area (TPSA) is 77.2 Å². The molecule has 28 heavy (non-hydrogen) atoms. The number of pyridine rings is 1. The lowest BCUT2D eigenvalue weighted by Gasteiger charge is -2.06. The highest BCUT2D eigenvalue weighted by molar-refractivity contribution is 7.90. The zero-order chi connectivity index (χ0) is 19.3. The minimum Gasteiger partial charge on any atom is -0.306 e. The van der Waals surface area contributed by atoms with E-state index in [1.54, 1.807) is 23.5 Å². The van der Waals surface area contributed by atoms with Crippen LogP contribution >= 0.6 is 11.3 Å². The molecule has 0 saturated carbocycles. The summed E-state index contributed by atoms with van der Waals surface area (Å²) >= 11 is 1.55. The van der Waals surface area contributed by atoms with Crippen molar-refractivity contribution in [2.45, 2.75) is 5.03 Å². The standard InChI is InChI=1S/C20H14N4O2S2/c1-28(25,26)20-14-7-3-2-6-13(14)19(22-23-20)17-10-9-16(27-17)15-12-24-11-5-4-8-18(24)21-15/h2-12H,1H3. The monoisotopic (exact) mass is 406 g/mol. The first-order valence-corrected chi connectivity index (χ1v) is 11.2. The molecule has 0 atom stereocenters. The third kappa shape index (κ3) is 2.78. The van der Waals surface area contributed by atoms with Crippen LogP contribution in [0.5, 0.6) is 0 Å². The molecule has 138 valence electrons. The Morgan fingerprint density at radius 1 is 0.893 bits per heavy atom.